The molecule has 0 radical (unpaired) electrons. The second-order valence-electron chi connectivity index (χ2n) is 4.68. The fraction of sp³-hybridized carbons (Fsp3) is 0.0625. The molecule has 0 aliphatic heterocycles. The Morgan fingerprint density at radius 1 is 1.13 bits per heavy atom. The highest BCUT2D eigenvalue weighted by molar-refractivity contribution is 9.10. The number of hydrogen-bond donors (Lipinski definition) is 0. The van der Waals surface area contributed by atoms with E-state index in [0.717, 1.165) is 15.6 Å². The van der Waals surface area contributed by atoms with E-state index in [2.05, 4.69) is 31.2 Å². The summed E-state index contributed by atoms with van der Waals surface area (Å²) in [4.78, 5) is 0. The van der Waals surface area contributed by atoms with Gasteiger partial charge in [0.05, 0.1) is 6.21 Å². The molecule has 1 aromatic heterocycles. The zero-order valence-electron chi connectivity index (χ0n) is 11.9. The molecular formula is C16H12BrFN4O. The molecule has 0 unspecified atom stereocenters. The van der Waals surface area contributed by atoms with Crippen molar-refractivity contribution in [2.75, 3.05) is 0 Å². The minimum Gasteiger partial charge on any atom is -0.488 e. The predicted octanol–water partition coefficient (Wildman–Crippen LogP) is 3.64. The van der Waals surface area contributed by atoms with E-state index in [0.29, 0.717) is 12.4 Å². The Labute approximate surface area is 140 Å². The maximum Gasteiger partial charge on any atom is 0.141 e. The second-order valence-corrected chi connectivity index (χ2v) is 5.60. The van der Waals surface area contributed by atoms with Crippen molar-refractivity contribution in [3.8, 4) is 5.75 Å². The smallest absolute Gasteiger partial charge is 0.141 e. The predicted molar refractivity (Wildman–Crippen MR) is 87.9 cm³/mol. The summed E-state index contributed by atoms with van der Waals surface area (Å²) in [5.41, 5.74) is 1.69. The lowest BCUT2D eigenvalue weighted by Gasteiger charge is -2.09. The third-order valence-electron chi connectivity index (χ3n) is 3.02. The van der Waals surface area contributed by atoms with Crippen molar-refractivity contribution in [2.24, 2.45) is 5.10 Å². The van der Waals surface area contributed by atoms with E-state index in [9.17, 15) is 4.39 Å². The number of nitrogens with zero attached hydrogens (tertiary/aromatic N) is 4. The molecule has 0 bridgehead atoms. The molecule has 0 fully saturated rings. The molecule has 0 spiro atoms. The van der Waals surface area contributed by atoms with Crippen LogP contribution in [0.15, 0.2) is 64.7 Å². The van der Waals surface area contributed by atoms with Gasteiger partial charge in [-0.2, -0.15) is 5.10 Å². The van der Waals surface area contributed by atoms with Crippen molar-refractivity contribution in [3.63, 3.8) is 0 Å². The van der Waals surface area contributed by atoms with Crippen molar-refractivity contribution in [1.29, 1.82) is 0 Å². The lowest BCUT2D eigenvalue weighted by molar-refractivity contribution is 0.305. The SMILES string of the molecule is Fc1ccc(COc2ccc(Br)cc2C=Nn2cnnc2)cc1. The summed E-state index contributed by atoms with van der Waals surface area (Å²) in [6, 6.07) is 11.8. The van der Waals surface area contributed by atoms with Crippen LogP contribution in [-0.4, -0.2) is 21.1 Å². The van der Waals surface area contributed by atoms with Gasteiger partial charge >= 0.3 is 0 Å². The third-order valence-corrected chi connectivity index (χ3v) is 3.51. The molecule has 3 rings (SSSR count). The van der Waals surface area contributed by atoms with Gasteiger partial charge in [0.1, 0.15) is 30.8 Å². The summed E-state index contributed by atoms with van der Waals surface area (Å²) in [5, 5.41) is 11.6. The molecule has 0 amide bonds. The van der Waals surface area contributed by atoms with Crippen molar-refractivity contribution in [1.82, 2.24) is 14.9 Å². The first kappa shape index (κ1) is 15.4. The van der Waals surface area contributed by atoms with Gasteiger partial charge in [-0.1, -0.05) is 28.1 Å². The Balaban J connectivity index is 1.77. The zero-order valence-corrected chi connectivity index (χ0v) is 13.5. The highest BCUT2D eigenvalue weighted by atomic mass is 79.9. The molecule has 2 aromatic carbocycles. The number of aromatic nitrogens is 3. The van der Waals surface area contributed by atoms with E-state index in [1.165, 1.54) is 29.5 Å². The van der Waals surface area contributed by atoms with Crippen LogP contribution in [0.25, 0.3) is 0 Å². The van der Waals surface area contributed by atoms with Gasteiger partial charge in [0.2, 0.25) is 0 Å². The van der Waals surface area contributed by atoms with E-state index < -0.39 is 0 Å². The topological polar surface area (TPSA) is 52.3 Å². The van der Waals surface area contributed by atoms with Gasteiger partial charge in [0.15, 0.2) is 0 Å². The van der Waals surface area contributed by atoms with Crippen molar-refractivity contribution in [3.05, 3.63) is 76.5 Å². The summed E-state index contributed by atoms with van der Waals surface area (Å²) >= 11 is 3.43. The normalized spacial score (nSPS) is 11.0. The minimum atomic E-state index is -0.265. The first-order valence-corrected chi connectivity index (χ1v) is 7.56. The fourth-order valence-corrected chi connectivity index (χ4v) is 2.26. The largest absolute Gasteiger partial charge is 0.488 e. The molecule has 0 atom stereocenters. The highest BCUT2D eigenvalue weighted by Crippen LogP contribution is 2.23. The highest BCUT2D eigenvalue weighted by Gasteiger charge is 2.04. The van der Waals surface area contributed by atoms with Crippen LogP contribution in [-0.2, 0) is 6.61 Å². The third kappa shape index (κ3) is 4.23. The van der Waals surface area contributed by atoms with Gasteiger partial charge in [-0.3, -0.25) is 0 Å². The monoisotopic (exact) mass is 374 g/mol. The number of hydrogen-bond acceptors (Lipinski definition) is 4. The van der Waals surface area contributed by atoms with E-state index >= 15 is 0 Å². The maximum absolute atomic E-state index is 12.9. The Bertz CT molecular complexity index is 803. The number of rotatable bonds is 5. The summed E-state index contributed by atoms with van der Waals surface area (Å²) in [7, 11) is 0. The van der Waals surface area contributed by atoms with Gasteiger partial charge in [0.25, 0.3) is 0 Å². The Hall–Kier alpha value is -2.54. The van der Waals surface area contributed by atoms with Gasteiger partial charge in [-0.15, -0.1) is 10.2 Å². The second kappa shape index (κ2) is 7.15. The van der Waals surface area contributed by atoms with Crippen LogP contribution < -0.4 is 4.74 Å². The molecule has 5 nitrogen and oxygen atoms in total. The maximum atomic E-state index is 12.9. The van der Waals surface area contributed by atoms with Gasteiger partial charge < -0.3 is 4.74 Å². The van der Waals surface area contributed by atoms with Crippen molar-refractivity contribution in [2.45, 2.75) is 6.61 Å². The van der Waals surface area contributed by atoms with E-state index in [1.54, 1.807) is 18.3 Å². The van der Waals surface area contributed by atoms with Crippen molar-refractivity contribution >= 4 is 22.1 Å². The molecule has 116 valence electrons. The van der Waals surface area contributed by atoms with E-state index in [-0.39, 0.29) is 5.82 Å². The average molecular weight is 375 g/mol. The Morgan fingerprint density at radius 3 is 2.61 bits per heavy atom. The molecule has 0 saturated heterocycles. The van der Waals surface area contributed by atoms with Gasteiger partial charge in [-0.05, 0) is 35.9 Å². The Morgan fingerprint density at radius 2 is 1.87 bits per heavy atom. The first-order valence-electron chi connectivity index (χ1n) is 6.76. The van der Waals surface area contributed by atoms with Crippen LogP contribution in [0.1, 0.15) is 11.1 Å². The summed E-state index contributed by atoms with van der Waals surface area (Å²) < 4.78 is 21.1. The van der Waals surface area contributed by atoms with Crippen LogP contribution in [0.3, 0.4) is 0 Å². The molecule has 0 aliphatic carbocycles. The minimum absolute atomic E-state index is 0.265. The molecule has 3 aromatic rings. The molecular weight excluding hydrogens is 363 g/mol. The standard InChI is InChI=1S/C16H12BrFN4O/c17-14-3-6-16(23-9-12-1-4-15(18)5-2-12)13(7-14)8-21-22-10-19-20-11-22/h1-8,10-11H,9H2. The lowest BCUT2D eigenvalue weighted by Crippen LogP contribution is -1.99. The fourth-order valence-electron chi connectivity index (χ4n) is 1.88. The lowest BCUT2D eigenvalue weighted by atomic mass is 10.2. The quantitative estimate of drug-likeness (QED) is 0.640. The summed E-state index contributed by atoms with van der Waals surface area (Å²) in [5.74, 6) is 0.411. The molecule has 7 heteroatoms. The first-order chi connectivity index (χ1) is 11.2. The van der Waals surface area contributed by atoms with Crippen LogP contribution in [0, 0.1) is 5.82 Å². The number of benzene rings is 2. The zero-order chi connectivity index (χ0) is 16.1. The van der Waals surface area contributed by atoms with Crippen molar-refractivity contribution < 1.29 is 9.13 Å². The molecule has 0 aliphatic rings. The van der Waals surface area contributed by atoms with Crippen LogP contribution in [0.5, 0.6) is 5.75 Å². The summed E-state index contributed by atoms with van der Waals surface area (Å²) in [6.07, 6.45) is 4.65. The van der Waals surface area contributed by atoms with Crippen LogP contribution in [0.4, 0.5) is 4.39 Å². The van der Waals surface area contributed by atoms with Gasteiger partial charge in [-0.25, -0.2) is 9.07 Å². The molecule has 0 N–H and O–H groups in total. The van der Waals surface area contributed by atoms with E-state index in [1.807, 2.05) is 18.2 Å². The molecule has 0 saturated carbocycles. The van der Waals surface area contributed by atoms with Crippen LogP contribution in [0.2, 0.25) is 0 Å². The molecule has 23 heavy (non-hydrogen) atoms. The molecule has 1 heterocycles. The summed E-state index contributed by atoms with van der Waals surface area (Å²) in [6.45, 7) is 0.343. The Kier molecular flexibility index (Phi) is 4.77. The van der Waals surface area contributed by atoms with E-state index in [4.69, 9.17) is 4.74 Å². The number of ether oxygens (including phenoxy) is 1. The average Bonchev–Trinajstić information content (AvgIpc) is 3.07. The number of halogens is 2. The van der Waals surface area contributed by atoms with Crippen LogP contribution >= 0.6 is 15.9 Å². The van der Waals surface area contributed by atoms with Gasteiger partial charge in [0, 0.05) is 10.0 Å².